The minimum atomic E-state index is -0.251. The molecule has 0 fully saturated rings. The SMILES string of the molecule is COCCCNC1C(=O)Nc2ccc(Br)cc21. The molecule has 1 aliphatic rings. The second-order valence-electron chi connectivity index (χ2n) is 3.95. The van der Waals surface area contributed by atoms with Crippen LogP contribution in [0.5, 0.6) is 0 Å². The van der Waals surface area contributed by atoms with Crippen LogP contribution < -0.4 is 10.6 Å². The van der Waals surface area contributed by atoms with E-state index >= 15 is 0 Å². The molecule has 0 saturated carbocycles. The van der Waals surface area contributed by atoms with E-state index in [4.69, 9.17) is 4.74 Å². The number of fused-ring (bicyclic) bond motifs is 1. The Labute approximate surface area is 109 Å². The molecular weight excluding hydrogens is 284 g/mol. The van der Waals surface area contributed by atoms with Crippen LogP contribution >= 0.6 is 15.9 Å². The molecule has 1 unspecified atom stereocenters. The number of amides is 1. The lowest BCUT2D eigenvalue weighted by Crippen LogP contribution is -2.28. The molecule has 0 radical (unpaired) electrons. The zero-order valence-electron chi connectivity index (χ0n) is 9.63. The fourth-order valence-corrected chi connectivity index (χ4v) is 2.28. The van der Waals surface area contributed by atoms with Gasteiger partial charge >= 0.3 is 0 Å². The van der Waals surface area contributed by atoms with Crippen LogP contribution in [0.4, 0.5) is 5.69 Å². The fourth-order valence-electron chi connectivity index (χ4n) is 1.90. The molecule has 92 valence electrons. The van der Waals surface area contributed by atoms with Crippen molar-refractivity contribution < 1.29 is 9.53 Å². The van der Waals surface area contributed by atoms with E-state index in [0.717, 1.165) is 28.7 Å². The van der Waals surface area contributed by atoms with Gasteiger partial charge in [0.15, 0.2) is 0 Å². The topological polar surface area (TPSA) is 50.4 Å². The van der Waals surface area contributed by atoms with E-state index in [1.165, 1.54) is 0 Å². The molecule has 1 aromatic carbocycles. The average molecular weight is 299 g/mol. The number of benzene rings is 1. The van der Waals surface area contributed by atoms with Gasteiger partial charge in [0, 0.05) is 29.4 Å². The number of hydrogen-bond donors (Lipinski definition) is 2. The number of nitrogens with one attached hydrogen (secondary N) is 2. The summed E-state index contributed by atoms with van der Waals surface area (Å²) in [7, 11) is 1.68. The van der Waals surface area contributed by atoms with Crippen molar-refractivity contribution in [1.82, 2.24) is 5.32 Å². The van der Waals surface area contributed by atoms with Crippen LogP contribution in [-0.2, 0) is 9.53 Å². The van der Waals surface area contributed by atoms with Crippen molar-refractivity contribution >= 4 is 27.5 Å². The van der Waals surface area contributed by atoms with Gasteiger partial charge in [0.25, 0.3) is 0 Å². The molecule has 1 aromatic rings. The number of carbonyl (C=O) groups excluding carboxylic acids is 1. The first-order chi connectivity index (χ1) is 8.22. The van der Waals surface area contributed by atoms with Gasteiger partial charge in [0.05, 0.1) is 0 Å². The minimum Gasteiger partial charge on any atom is -0.385 e. The van der Waals surface area contributed by atoms with Crippen molar-refractivity contribution in [2.45, 2.75) is 12.5 Å². The molecule has 5 heteroatoms. The van der Waals surface area contributed by atoms with Crippen molar-refractivity contribution in [3.05, 3.63) is 28.2 Å². The molecule has 2 N–H and O–H groups in total. The molecule has 1 atom stereocenters. The highest BCUT2D eigenvalue weighted by Gasteiger charge is 2.29. The first-order valence-corrected chi connectivity index (χ1v) is 6.34. The summed E-state index contributed by atoms with van der Waals surface area (Å²) in [5.74, 6) is 0.00974. The smallest absolute Gasteiger partial charge is 0.246 e. The lowest BCUT2D eigenvalue weighted by Gasteiger charge is -2.11. The predicted molar refractivity (Wildman–Crippen MR) is 70.0 cm³/mol. The van der Waals surface area contributed by atoms with Crippen LogP contribution in [0.15, 0.2) is 22.7 Å². The van der Waals surface area contributed by atoms with Gasteiger partial charge in [0.1, 0.15) is 6.04 Å². The van der Waals surface area contributed by atoms with Gasteiger partial charge in [-0.2, -0.15) is 0 Å². The van der Waals surface area contributed by atoms with Gasteiger partial charge in [-0.1, -0.05) is 15.9 Å². The summed E-state index contributed by atoms with van der Waals surface area (Å²) in [5, 5.41) is 6.10. The third-order valence-electron chi connectivity index (χ3n) is 2.72. The van der Waals surface area contributed by atoms with Crippen molar-refractivity contribution in [3.8, 4) is 0 Å². The molecule has 0 spiro atoms. The van der Waals surface area contributed by atoms with Gasteiger partial charge in [-0.15, -0.1) is 0 Å². The zero-order chi connectivity index (χ0) is 12.3. The molecule has 0 aliphatic carbocycles. The molecular formula is C12H15BrN2O2. The first kappa shape index (κ1) is 12.5. The number of hydrogen-bond acceptors (Lipinski definition) is 3. The number of methoxy groups -OCH3 is 1. The Morgan fingerprint density at radius 3 is 3.12 bits per heavy atom. The van der Waals surface area contributed by atoms with Crippen molar-refractivity contribution in [2.75, 3.05) is 25.6 Å². The van der Waals surface area contributed by atoms with E-state index in [0.29, 0.717) is 6.61 Å². The molecule has 1 amide bonds. The highest BCUT2D eigenvalue weighted by atomic mass is 79.9. The highest BCUT2D eigenvalue weighted by Crippen LogP contribution is 2.32. The molecule has 1 heterocycles. The zero-order valence-corrected chi connectivity index (χ0v) is 11.2. The Hall–Kier alpha value is -0.910. The standard InChI is InChI=1S/C12H15BrN2O2/c1-17-6-2-5-14-11-9-7-8(13)3-4-10(9)15-12(11)16/h3-4,7,11,14H,2,5-6H2,1H3,(H,15,16). The molecule has 1 aliphatic heterocycles. The van der Waals surface area contributed by atoms with Crippen molar-refractivity contribution in [2.24, 2.45) is 0 Å². The Balaban J connectivity index is 2.03. The summed E-state index contributed by atoms with van der Waals surface area (Å²) in [6.07, 6.45) is 0.892. The Bertz CT molecular complexity index is 423. The van der Waals surface area contributed by atoms with Crippen molar-refractivity contribution in [3.63, 3.8) is 0 Å². The average Bonchev–Trinajstić information content (AvgIpc) is 2.61. The number of carbonyl (C=O) groups is 1. The monoisotopic (exact) mass is 298 g/mol. The molecule has 0 saturated heterocycles. The predicted octanol–water partition coefficient (Wildman–Crippen LogP) is 2.07. The number of rotatable bonds is 5. The summed E-state index contributed by atoms with van der Waals surface area (Å²) in [6, 6.07) is 5.56. The summed E-state index contributed by atoms with van der Waals surface area (Å²) >= 11 is 3.42. The van der Waals surface area contributed by atoms with Gasteiger partial charge in [-0.25, -0.2) is 0 Å². The molecule has 17 heavy (non-hydrogen) atoms. The van der Waals surface area contributed by atoms with Crippen LogP contribution in [0.25, 0.3) is 0 Å². The second kappa shape index (κ2) is 5.62. The van der Waals surface area contributed by atoms with Crippen LogP contribution in [0.2, 0.25) is 0 Å². The van der Waals surface area contributed by atoms with Gasteiger partial charge in [-0.05, 0) is 31.2 Å². The van der Waals surface area contributed by atoms with Gasteiger partial charge in [0.2, 0.25) is 5.91 Å². The number of halogens is 1. The van der Waals surface area contributed by atoms with E-state index < -0.39 is 0 Å². The normalized spacial score (nSPS) is 18.0. The van der Waals surface area contributed by atoms with Crippen LogP contribution in [0, 0.1) is 0 Å². The highest BCUT2D eigenvalue weighted by molar-refractivity contribution is 9.10. The number of ether oxygens (including phenoxy) is 1. The summed E-state index contributed by atoms with van der Waals surface area (Å²) < 4.78 is 5.96. The minimum absolute atomic E-state index is 0.00974. The molecule has 0 bridgehead atoms. The van der Waals surface area contributed by atoms with E-state index in [9.17, 15) is 4.79 Å². The lowest BCUT2D eigenvalue weighted by molar-refractivity contribution is -0.117. The van der Waals surface area contributed by atoms with E-state index in [1.807, 2.05) is 18.2 Å². The van der Waals surface area contributed by atoms with Crippen LogP contribution in [0.1, 0.15) is 18.0 Å². The molecule has 0 aromatic heterocycles. The maximum Gasteiger partial charge on any atom is 0.246 e. The van der Waals surface area contributed by atoms with E-state index in [-0.39, 0.29) is 11.9 Å². The first-order valence-electron chi connectivity index (χ1n) is 5.55. The Kier molecular flexibility index (Phi) is 4.15. The largest absolute Gasteiger partial charge is 0.385 e. The Morgan fingerprint density at radius 2 is 2.35 bits per heavy atom. The molecule has 4 nitrogen and oxygen atoms in total. The molecule has 2 rings (SSSR count). The van der Waals surface area contributed by atoms with E-state index in [1.54, 1.807) is 7.11 Å². The lowest BCUT2D eigenvalue weighted by atomic mass is 10.1. The summed E-state index contributed by atoms with van der Waals surface area (Å²) in [6.45, 7) is 1.46. The third-order valence-corrected chi connectivity index (χ3v) is 3.21. The summed E-state index contributed by atoms with van der Waals surface area (Å²) in [4.78, 5) is 11.8. The second-order valence-corrected chi connectivity index (χ2v) is 4.87. The van der Waals surface area contributed by atoms with Gasteiger partial charge < -0.3 is 15.4 Å². The summed E-state index contributed by atoms with van der Waals surface area (Å²) in [5.41, 5.74) is 1.89. The third kappa shape index (κ3) is 2.86. The fraction of sp³-hybridized carbons (Fsp3) is 0.417. The number of anilines is 1. The maximum absolute atomic E-state index is 11.8. The van der Waals surface area contributed by atoms with Crippen LogP contribution in [-0.4, -0.2) is 26.2 Å². The van der Waals surface area contributed by atoms with Crippen molar-refractivity contribution in [1.29, 1.82) is 0 Å². The van der Waals surface area contributed by atoms with Crippen LogP contribution in [0.3, 0.4) is 0 Å². The maximum atomic E-state index is 11.8. The van der Waals surface area contributed by atoms with Gasteiger partial charge in [-0.3, -0.25) is 4.79 Å². The van der Waals surface area contributed by atoms with E-state index in [2.05, 4.69) is 26.6 Å². The Morgan fingerprint density at radius 1 is 1.53 bits per heavy atom. The quantitative estimate of drug-likeness (QED) is 0.818.